The summed E-state index contributed by atoms with van der Waals surface area (Å²) in [6.45, 7) is 0. The maximum absolute atomic E-state index is 11.8. The summed E-state index contributed by atoms with van der Waals surface area (Å²) in [4.78, 5) is 15.7. The third-order valence-corrected chi connectivity index (χ3v) is 4.16. The first-order chi connectivity index (χ1) is 9.22. The van der Waals surface area contributed by atoms with Crippen LogP contribution >= 0.6 is 0 Å². The van der Waals surface area contributed by atoms with Crippen molar-refractivity contribution in [1.29, 1.82) is 0 Å². The molecule has 2 atom stereocenters. The predicted octanol–water partition coefficient (Wildman–Crippen LogP) is 2.63. The molecule has 1 aliphatic rings. The lowest BCUT2D eigenvalue weighted by atomic mass is 9.92. The third-order valence-electron chi connectivity index (χ3n) is 4.16. The zero-order valence-electron chi connectivity index (χ0n) is 10.6. The fourth-order valence-corrected chi connectivity index (χ4v) is 3.09. The van der Waals surface area contributed by atoms with E-state index in [4.69, 9.17) is 0 Å². The average molecular weight is 256 g/mol. The van der Waals surface area contributed by atoms with Gasteiger partial charge in [-0.3, -0.25) is 0 Å². The van der Waals surface area contributed by atoms with Crippen molar-refractivity contribution in [3.05, 3.63) is 54.6 Å². The maximum Gasteiger partial charge on any atom is 0.329 e. The summed E-state index contributed by atoms with van der Waals surface area (Å²) in [5, 5.41) is 9.65. The monoisotopic (exact) mass is 256 g/mol. The van der Waals surface area contributed by atoms with Crippen LogP contribution in [0, 0.1) is 0 Å². The molecule has 1 N–H and O–H groups in total. The number of imidazole rings is 1. The van der Waals surface area contributed by atoms with Crippen molar-refractivity contribution in [3.63, 3.8) is 0 Å². The van der Waals surface area contributed by atoms with Gasteiger partial charge in [0.2, 0.25) is 0 Å². The molecule has 1 fully saturated rings. The largest absolute Gasteiger partial charge is 0.479 e. The zero-order valence-corrected chi connectivity index (χ0v) is 10.6. The molecular weight excluding hydrogens is 240 g/mol. The van der Waals surface area contributed by atoms with E-state index in [0.29, 0.717) is 18.8 Å². The molecule has 19 heavy (non-hydrogen) atoms. The first-order valence-corrected chi connectivity index (χ1v) is 6.49. The smallest absolute Gasteiger partial charge is 0.329 e. The lowest BCUT2D eigenvalue weighted by molar-refractivity contribution is -0.147. The number of carboxylic acid groups (broad SMARTS) is 1. The van der Waals surface area contributed by atoms with Crippen LogP contribution in [0.2, 0.25) is 0 Å². The molecule has 0 bridgehead atoms. The van der Waals surface area contributed by atoms with Crippen LogP contribution in [0.1, 0.15) is 30.7 Å². The topological polar surface area (TPSA) is 55.1 Å². The third kappa shape index (κ3) is 1.93. The summed E-state index contributed by atoms with van der Waals surface area (Å²) in [5.41, 5.74) is 0.391. The van der Waals surface area contributed by atoms with Crippen LogP contribution in [0.15, 0.2) is 49.1 Å². The Labute approximate surface area is 111 Å². The van der Waals surface area contributed by atoms with Crippen molar-refractivity contribution in [1.82, 2.24) is 9.55 Å². The number of hydrogen-bond donors (Lipinski definition) is 1. The number of hydrogen-bond acceptors (Lipinski definition) is 2. The predicted molar refractivity (Wildman–Crippen MR) is 70.9 cm³/mol. The number of aliphatic carboxylic acids is 1. The standard InChI is InChI=1S/C15H16N2O2/c18-14(19)15(17-9-8-16-11-17)7-6-13(10-15)12-4-2-1-3-5-12/h1-5,8-9,11,13H,6-7,10H2,(H,18,19). The second kappa shape index (κ2) is 4.53. The highest BCUT2D eigenvalue weighted by atomic mass is 16.4. The zero-order chi connectivity index (χ0) is 13.3. The van der Waals surface area contributed by atoms with Crippen molar-refractivity contribution in [2.45, 2.75) is 30.7 Å². The fraction of sp³-hybridized carbons (Fsp3) is 0.333. The highest BCUT2D eigenvalue weighted by molar-refractivity contribution is 5.77. The van der Waals surface area contributed by atoms with Crippen molar-refractivity contribution in [3.8, 4) is 0 Å². The minimum atomic E-state index is -0.836. The fourth-order valence-electron chi connectivity index (χ4n) is 3.09. The van der Waals surface area contributed by atoms with Crippen molar-refractivity contribution in [2.24, 2.45) is 0 Å². The van der Waals surface area contributed by atoms with E-state index in [1.807, 2.05) is 18.2 Å². The summed E-state index contributed by atoms with van der Waals surface area (Å²) >= 11 is 0. The van der Waals surface area contributed by atoms with Gasteiger partial charge >= 0.3 is 5.97 Å². The molecule has 98 valence electrons. The maximum atomic E-state index is 11.8. The molecule has 1 heterocycles. The molecule has 1 aromatic carbocycles. The van der Waals surface area contributed by atoms with Crippen molar-refractivity contribution >= 4 is 5.97 Å². The first-order valence-electron chi connectivity index (χ1n) is 6.49. The highest BCUT2D eigenvalue weighted by Gasteiger charge is 2.47. The van der Waals surface area contributed by atoms with Crippen LogP contribution in [0.25, 0.3) is 0 Å². The number of carboxylic acids is 1. The molecule has 1 aromatic heterocycles. The van der Waals surface area contributed by atoms with Crippen LogP contribution in [0.3, 0.4) is 0 Å². The van der Waals surface area contributed by atoms with Gasteiger partial charge in [0, 0.05) is 12.4 Å². The van der Waals surface area contributed by atoms with Gasteiger partial charge in [-0.05, 0) is 30.7 Å². The Bertz CT molecular complexity index is 565. The van der Waals surface area contributed by atoms with Gasteiger partial charge in [0.05, 0.1) is 6.33 Å². The van der Waals surface area contributed by atoms with Crippen LogP contribution in [-0.4, -0.2) is 20.6 Å². The van der Waals surface area contributed by atoms with E-state index in [9.17, 15) is 9.90 Å². The molecule has 0 aliphatic heterocycles. The summed E-state index contributed by atoms with van der Waals surface area (Å²) in [6.07, 6.45) is 7.18. The Balaban J connectivity index is 1.92. The molecule has 0 saturated heterocycles. The van der Waals surface area contributed by atoms with Gasteiger partial charge in [-0.25, -0.2) is 9.78 Å². The summed E-state index contributed by atoms with van der Waals surface area (Å²) in [5.74, 6) is -0.455. The summed E-state index contributed by atoms with van der Waals surface area (Å²) in [6, 6.07) is 10.2. The molecule has 0 amide bonds. The normalized spacial score (nSPS) is 26.4. The molecule has 2 aromatic rings. The average Bonchev–Trinajstić information content (AvgIpc) is 3.10. The number of carbonyl (C=O) groups is 1. The number of benzene rings is 1. The molecule has 1 saturated carbocycles. The Hall–Kier alpha value is -2.10. The minimum absolute atomic E-state index is 0.305. The lowest BCUT2D eigenvalue weighted by Gasteiger charge is -2.26. The molecule has 0 radical (unpaired) electrons. The Morgan fingerprint density at radius 2 is 2.16 bits per heavy atom. The number of nitrogens with zero attached hydrogens (tertiary/aromatic N) is 2. The second-order valence-electron chi connectivity index (χ2n) is 5.16. The van der Waals surface area contributed by atoms with Crippen LogP contribution < -0.4 is 0 Å². The Kier molecular flexibility index (Phi) is 2.85. The minimum Gasteiger partial charge on any atom is -0.479 e. The molecule has 3 rings (SSSR count). The van der Waals surface area contributed by atoms with Gasteiger partial charge in [0.15, 0.2) is 0 Å². The highest BCUT2D eigenvalue weighted by Crippen LogP contribution is 2.45. The Morgan fingerprint density at radius 3 is 2.79 bits per heavy atom. The molecule has 4 heteroatoms. The summed E-state index contributed by atoms with van der Waals surface area (Å²) < 4.78 is 1.75. The van der Waals surface area contributed by atoms with E-state index in [-0.39, 0.29) is 0 Å². The van der Waals surface area contributed by atoms with Crippen LogP contribution in [-0.2, 0) is 10.3 Å². The number of aromatic nitrogens is 2. The number of rotatable bonds is 3. The molecule has 1 aliphatic carbocycles. The van der Waals surface area contributed by atoms with Gasteiger partial charge in [-0.1, -0.05) is 30.3 Å². The van der Waals surface area contributed by atoms with E-state index in [2.05, 4.69) is 17.1 Å². The van der Waals surface area contributed by atoms with Gasteiger partial charge in [0.25, 0.3) is 0 Å². The van der Waals surface area contributed by atoms with Gasteiger partial charge in [-0.15, -0.1) is 0 Å². The quantitative estimate of drug-likeness (QED) is 0.918. The summed E-state index contributed by atoms with van der Waals surface area (Å²) in [7, 11) is 0. The molecule has 4 nitrogen and oxygen atoms in total. The first kappa shape index (κ1) is 12.0. The van der Waals surface area contributed by atoms with E-state index < -0.39 is 11.5 Å². The molecular formula is C15H16N2O2. The SMILES string of the molecule is O=C(O)C1(n2ccnc2)CCC(c2ccccc2)C1. The lowest BCUT2D eigenvalue weighted by Crippen LogP contribution is -2.38. The van der Waals surface area contributed by atoms with Crippen molar-refractivity contribution < 1.29 is 9.90 Å². The van der Waals surface area contributed by atoms with Crippen LogP contribution in [0.5, 0.6) is 0 Å². The van der Waals surface area contributed by atoms with E-state index in [0.717, 1.165) is 6.42 Å². The van der Waals surface area contributed by atoms with Gasteiger partial charge in [-0.2, -0.15) is 0 Å². The van der Waals surface area contributed by atoms with Gasteiger partial charge in [0.1, 0.15) is 5.54 Å². The van der Waals surface area contributed by atoms with Gasteiger partial charge < -0.3 is 9.67 Å². The van der Waals surface area contributed by atoms with E-state index in [1.165, 1.54) is 5.56 Å². The van der Waals surface area contributed by atoms with E-state index >= 15 is 0 Å². The second-order valence-corrected chi connectivity index (χ2v) is 5.16. The van der Waals surface area contributed by atoms with E-state index in [1.54, 1.807) is 23.3 Å². The Morgan fingerprint density at radius 1 is 1.37 bits per heavy atom. The molecule has 0 spiro atoms. The van der Waals surface area contributed by atoms with Crippen molar-refractivity contribution in [2.75, 3.05) is 0 Å². The molecule has 2 unspecified atom stereocenters. The van der Waals surface area contributed by atoms with Crippen LogP contribution in [0.4, 0.5) is 0 Å².